The minimum atomic E-state index is -1.32. The van der Waals surface area contributed by atoms with Crippen molar-refractivity contribution in [2.75, 3.05) is 33.5 Å². The molecule has 9 nitrogen and oxygen atoms in total. The molecule has 4 rings (SSSR count). The molecule has 11 heteroatoms. The van der Waals surface area contributed by atoms with Crippen molar-refractivity contribution in [1.82, 2.24) is 14.5 Å². The van der Waals surface area contributed by atoms with E-state index in [0.717, 1.165) is 11.0 Å². The third-order valence-corrected chi connectivity index (χ3v) is 6.81. The highest BCUT2D eigenvalue weighted by molar-refractivity contribution is 5.84. The van der Waals surface area contributed by atoms with Crippen molar-refractivity contribution in [3.05, 3.63) is 62.3 Å². The molecule has 1 aliphatic heterocycles. The maximum Gasteiger partial charge on any atom is 0.329 e. The zero-order valence-corrected chi connectivity index (χ0v) is 22.2. The number of H-pyrrole nitrogens is 1. The number of piperidine rings is 1. The number of rotatable bonds is 11. The lowest BCUT2D eigenvalue weighted by Gasteiger charge is -2.31. The Morgan fingerprint density at radius 2 is 1.72 bits per heavy atom. The molecule has 1 saturated heterocycles. The first-order valence-electron chi connectivity index (χ1n) is 12.9. The molecule has 0 atom stereocenters. The standard InChI is InChI=1S/C28H33F2N3O6/c1-17(2)38-24-12-18(4-6-22(24)37-3)15-33-27(35)26-21(31-28(33)36)5-7-23(39-20(13-29)14-30)25(26)19-8-10-32(16-34)11-9-19/h4-7,12,16-17,19-20H,8-11,13-15H2,1-3H3,(H,31,36). The van der Waals surface area contributed by atoms with E-state index in [-0.39, 0.29) is 29.7 Å². The number of nitrogens with zero attached hydrogens (tertiary/aromatic N) is 2. The number of benzene rings is 2. The number of fused-ring (bicyclic) bond motifs is 1. The Morgan fingerprint density at radius 1 is 1.03 bits per heavy atom. The maximum absolute atomic E-state index is 13.9. The van der Waals surface area contributed by atoms with Crippen molar-refractivity contribution in [1.29, 1.82) is 0 Å². The summed E-state index contributed by atoms with van der Waals surface area (Å²) in [5, 5.41) is 0.222. The highest BCUT2D eigenvalue weighted by atomic mass is 19.1. The van der Waals surface area contributed by atoms with E-state index < -0.39 is 30.7 Å². The summed E-state index contributed by atoms with van der Waals surface area (Å²) in [5.74, 6) is 0.976. The molecule has 0 bridgehead atoms. The molecule has 2 aromatic carbocycles. The molecule has 1 fully saturated rings. The number of methoxy groups -OCH3 is 1. The summed E-state index contributed by atoms with van der Waals surface area (Å²) >= 11 is 0. The lowest BCUT2D eigenvalue weighted by atomic mass is 9.86. The molecule has 1 aromatic heterocycles. The molecular formula is C28H33F2N3O6. The van der Waals surface area contributed by atoms with Crippen LogP contribution in [-0.4, -0.2) is 66.6 Å². The molecule has 210 valence electrons. The zero-order chi connectivity index (χ0) is 28.1. The van der Waals surface area contributed by atoms with Crippen LogP contribution in [0.15, 0.2) is 39.9 Å². The van der Waals surface area contributed by atoms with E-state index in [0.29, 0.717) is 54.1 Å². The molecule has 3 aromatic rings. The number of aromatic amines is 1. The van der Waals surface area contributed by atoms with Crippen molar-refractivity contribution in [2.45, 2.75) is 51.4 Å². The Bertz CT molecular complexity index is 1430. The number of carbonyl (C=O) groups excluding carboxylic acids is 1. The molecule has 0 spiro atoms. The molecule has 0 unspecified atom stereocenters. The van der Waals surface area contributed by atoms with E-state index in [9.17, 15) is 23.2 Å². The van der Waals surface area contributed by atoms with E-state index in [1.54, 1.807) is 23.1 Å². The molecule has 0 saturated carbocycles. The van der Waals surface area contributed by atoms with Crippen molar-refractivity contribution < 1.29 is 27.8 Å². The summed E-state index contributed by atoms with van der Waals surface area (Å²) in [6, 6.07) is 8.21. The van der Waals surface area contributed by atoms with Crippen LogP contribution in [0.3, 0.4) is 0 Å². The SMILES string of the molecule is COc1ccc(Cn2c(=O)[nH]c3ccc(OC(CF)CF)c(C4CCN(C=O)CC4)c3c2=O)cc1OC(C)C. The number of hydrogen-bond donors (Lipinski definition) is 1. The third kappa shape index (κ3) is 6.07. The molecule has 0 aliphatic carbocycles. The van der Waals surface area contributed by atoms with E-state index in [1.807, 2.05) is 13.8 Å². The normalized spacial score (nSPS) is 14.3. The number of halogens is 2. The van der Waals surface area contributed by atoms with Gasteiger partial charge < -0.3 is 24.1 Å². The summed E-state index contributed by atoms with van der Waals surface area (Å²) < 4.78 is 44.7. The minimum absolute atomic E-state index is 0.0474. The fourth-order valence-electron chi connectivity index (χ4n) is 4.92. The first kappa shape index (κ1) is 28.1. The number of hydrogen-bond acceptors (Lipinski definition) is 6. The van der Waals surface area contributed by atoms with E-state index in [4.69, 9.17) is 14.2 Å². The summed E-state index contributed by atoms with van der Waals surface area (Å²) in [6.45, 7) is 2.55. The number of likely N-dealkylation sites (tertiary alicyclic amines) is 1. The topological polar surface area (TPSA) is 103 Å². The van der Waals surface area contributed by atoms with Crippen LogP contribution in [0.2, 0.25) is 0 Å². The third-order valence-electron chi connectivity index (χ3n) is 6.81. The average molecular weight is 546 g/mol. The van der Waals surface area contributed by atoms with Gasteiger partial charge in [0.2, 0.25) is 6.41 Å². The first-order valence-corrected chi connectivity index (χ1v) is 12.9. The van der Waals surface area contributed by atoms with Crippen LogP contribution in [-0.2, 0) is 11.3 Å². The summed E-state index contributed by atoms with van der Waals surface area (Å²) in [6.07, 6.45) is 0.383. The summed E-state index contributed by atoms with van der Waals surface area (Å²) in [7, 11) is 1.53. The van der Waals surface area contributed by atoms with Gasteiger partial charge in [0.1, 0.15) is 19.1 Å². The highest BCUT2D eigenvalue weighted by Gasteiger charge is 2.28. The lowest BCUT2D eigenvalue weighted by Crippen LogP contribution is -2.37. The van der Waals surface area contributed by atoms with Gasteiger partial charge in [-0.2, -0.15) is 0 Å². The summed E-state index contributed by atoms with van der Waals surface area (Å²) in [5.41, 5.74) is 0.277. The average Bonchev–Trinajstić information content (AvgIpc) is 2.93. The quantitative estimate of drug-likeness (QED) is 0.370. The molecule has 1 aliphatic rings. The molecule has 39 heavy (non-hydrogen) atoms. The van der Waals surface area contributed by atoms with E-state index in [2.05, 4.69) is 4.98 Å². The number of nitrogens with one attached hydrogen (secondary N) is 1. The van der Waals surface area contributed by atoms with Crippen LogP contribution in [0.1, 0.15) is 43.7 Å². The van der Waals surface area contributed by atoms with Crippen molar-refractivity contribution in [3.8, 4) is 17.2 Å². The van der Waals surface area contributed by atoms with Crippen LogP contribution in [0.5, 0.6) is 17.2 Å². The Morgan fingerprint density at radius 3 is 2.33 bits per heavy atom. The monoisotopic (exact) mass is 545 g/mol. The molecule has 2 heterocycles. The van der Waals surface area contributed by atoms with Gasteiger partial charge in [0.15, 0.2) is 17.6 Å². The largest absolute Gasteiger partial charge is 0.493 e. The predicted octanol–water partition coefficient (Wildman–Crippen LogP) is 3.56. The Labute approximate surface area is 224 Å². The summed E-state index contributed by atoms with van der Waals surface area (Å²) in [4.78, 5) is 42.6. The van der Waals surface area contributed by atoms with E-state index >= 15 is 0 Å². The van der Waals surface area contributed by atoms with Crippen LogP contribution in [0.4, 0.5) is 8.78 Å². The number of ether oxygens (including phenoxy) is 3. The number of alkyl halides is 2. The predicted molar refractivity (Wildman–Crippen MR) is 143 cm³/mol. The Hall–Kier alpha value is -3.89. The number of carbonyl (C=O) groups is 1. The maximum atomic E-state index is 13.9. The zero-order valence-electron chi connectivity index (χ0n) is 22.2. The van der Waals surface area contributed by atoms with Gasteiger partial charge in [-0.05, 0) is 62.4 Å². The molecular weight excluding hydrogens is 512 g/mol. The van der Waals surface area contributed by atoms with Crippen LogP contribution in [0, 0.1) is 0 Å². The van der Waals surface area contributed by atoms with Gasteiger partial charge in [0.05, 0.1) is 30.7 Å². The van der Waals surface area contributed by atoms with Gasteiger partial charge in [0.25, 0.3) is 5.56 Å². The van der Waals surface area contributed by atoms with Crippen LogP contribution in [0.25, 0.3) is 10.9 Å². The highest BCUT2D eigenvalue weighted by Crippen LogP contribution is 2.38. The number of amides is 1. The van der Waals surface area contributed by atoms with Crippen molar-refractivity contribution in [3.63, 3.8) is 0 Å². The van der Waals surface area contributed by atoms with Crippen molar-refractivity contribution in [2.24, 2.45) is 0 Å². The number of aromatic nitrogens is 2. The lowest BCUT2D eigenvalue weighted by molar-refractivity contribution is -0.119. The molecule has 1 N–H and O–H groups in total. The van der Waals surface area contributed by atoms with Gasteiger partial charge in [-0.3, -0.25) is 14.2 Å². The van der Waals surface area contributed by atoms with Gasteiger partial charge in [-0.25, -0.2) is 13.6 Å². The van der Waals surface area contributed by atoms with Gasteiger partial charge in [-0.15, -0.1) is 0 Å². The van der Waals surface area contributed by atoms with Gasteiger partial charge in [-0.1, -0.05) is 6.07 Å². The Balaban J connectivity index is 1.84. The van der Waals surface area contributed by atoms with Crippen LogP contribution < -0.4 is 25.5 Å². The molecule has 0 radical (unpaired) electrons. The van der Waals surface area contributed by atoms with E-state index in [1.165, 1.54) is 19.2 Å². The fraction of sp³-hybridized carbons (Fsp3) is 0.464. The fourth-order valence-corrected chi connectivity index (χ4v) is 4.92. The first-order chi connectivity index (χ1) is 18.8. The second-order valence-corrected chi connectivity index (χ2v) is 9.84. The minimum Gasteiger partial charge on any atom is -0.493 e. The second kappa shape index (κ2) is 12.3. The Kier molecular flexibility index (Phi) is 8.88. The van der Waals surface area contributed by atoms with Gasteiger partial charge >= 0.3 is 5.69 Å². The van der Waals surface area contributed by atoms with Gasteiger partial charge in [0, 0.05) is 18.7 Å². The van der Waals surface area contributed by atoms with Crippen molar-refractivity contribution >= 4 is 17.3 Å². The smallest absolute Gasteiger partial charge is 0.329 e. The van der Waals surface area contributed by atoms with Crippen LogP contribution >= 0.6 is 0 Å². The molecule has 1 amide bonds. The second-order valence-electron chi connectivity index (χ2n) is 9.84.